The fourth-order valence-electron chi connectivity index (χ4n) is 1.80. The molecule has 0 fully saturated rings. The third-order valence-corrected chi connectivity index (χ3v) is 2.98. The molecule has 0 aliphatic carbocycles. The molecule has 0 spiro atoms. The van der Waals surface area contributed by atoms with Crippen LogP contribution in [0, 0.1) is 6.92 Å². The Morgan fingerprint density at radius 1 is 1.14 bits per heavy atom. The number of aromatic nitrogens is 1. The molecule has 1 heterocycles. The van der Waals surface area contributed by atoms with Crippen molar-refractivity contribution in [2.75, 3.05) is 10.6 Å². The van der Waals surface area contributed by atoms with Gasteiger partial charge in [-0.2, -0.15) is 0 Å². The number of halogens is 1. The number of carbonyl (C=O) groups is 2. The highest BCUT2D eigenvalue weighted by Crippen LogP contribution is 2.20. The highest BCUT2D eigenvalue weighted by Gasteiger charge is 2.09. The normalized spacial score (nSPS) is 10.0. The molecule has 21 heavy (non-hydrogen) atoms. The second kappa shape index (κ2) is 6.37. The predicted octanol–water partition coefficient (Wildman–Crippen LogP) is 3.25. The molecule has 1 aromatic carbocycles. The van der Waals surface area contributed by atoms with E-state index in [1.54, 1.807) is 24.3 Å². The SMILES string of the molecule is CC(=O)Nc1ccc(NC(=O)c2cc(Cl)ccn2)cc1C. The monoisotopic (exact) mass is 303 g/mol. The summed E-state index contributed by atoms with van der Waals surface area (Å²) in [4.78, 5) is 27.0. The van der Waals surface area contributed by atoms with Crippen molar-refractivity contribution in [2.24, 2.45) is 0 Å². The third-order valence-electron chi connectivity index (χ3n) is 2.75. The Morgan fingerprint density at radius 2 is 1.90 bits per heavy atom. The molecule has 2 amide bonds. The lowest BCUT2D eigenvalue weighted by atomic mass is 10.1. The molecule has 0 saturated carbocycles. The van der Waals surface area contributed by atoms with Crippen molar-refractivity contribution in [1.82, 2.24) is 4.98 Å². The highest BCUT2D eigenvalue weighted by molar-refractivity contribution is 6.30. The molecule has 6 heteroatoms. The van der Waals surface area contributed by atoms with E-state index < -0.39 is 0 Å². The van der Waals surface area contributed by atoms with Crippen LogP contribution in [-0.2, 0) is 4.79 Å². The quantitative estimate of drug-likeness (QED) is 0.914. The summed E-state index contributed by atoms with van der Waals surface area (Å²) >= 11 is 5.83. The summed E-state index contributed by atoms with van der Waals surface area (Å²) < 4.78 is 0. The van der Waals surface area contributed by atoms with Crippen molar-refractivity contribution in [3.8, 4) is 0 Å². The van der Waals surface area contributed by atoms with Crippen LogP contribution in [0.4, 0.5) is 11.4 Å². The molecule has 0 saturated heterocycles. The van der Waals surface area contributed by atoms with Crippen LogP contribution < -0.4 is 10.6 Å². The molecule has 0 bridgehead atoms. The van der Waals surface area contributed by atoms with E-state index in [0.717, 1.165) is 5.56 Å². The molecule has 1 aromatic heterocycles. The number of benzene rings is 1. The number of hydrogen-bond donors (Lipinski definition) is 2. The Hall–Kier alpha value is -2.40. The van der Waals surface area contributed by atoms with Gasteiger partial charge in [-0.05, 0) is 42.8 Å². The van der Waals surface area contributed by atoms with Crippen molar-refractivity contribution < 1.29 is 9.59 Å². The summed E-state index contributed by atoms with van der Waals surface area (Å²) in [6.45, 7) is 3.29. The average molecular weight is 304 g/mol. The first-order valence-corrected chi connectivity index (χ1v) is 6.64. The van der Waals surface area contributed by atoms with E-state index in [1.807, 2.05) is 6.92 Å². The number of rotatable bonds is 3. The van der Waals surface area contributed by atoms with Crippen LogP contribution in [0.5, 0.6) is 0 Å². The van der Waals surface area contributed by atoms with Crippen LogP contribution in [0.3, 0.4) is 0 Å². The molecule has 2 N–H and O–H groups in total. The van der Waals surface area contributed by atoms with Crippen LogP contribution in [0.25, 0.3) is 0 Å². The number of amides is 2. The van der Waals surface area contributed by atoms with E-state index in [0.29, 0.717) is 16.4 Å². The van der Waals surface area contributed by atoms with Crippen molar-refractivity contribution in [1.29, 1.82) is 0 Å². The summed E-state index contributed by atoms with van der Waals surface area (Å²) in [6, 6.07) is 8.31. The lowest BCUT2D eigenvalue weighted by Crippen LogP contribution is -2.14. The van der Waals surface area contributed by atoms with Gasteiger partial charge < -0.3 is 10.6 Å². The molecule has 2 rings (SSSR count). The lowest BCUT2D eigenvalue weighted by molar-refractivity contribution is -0.114. The number of pyridine rings is 1. The average Bonchev–Trinajstić information content (AvgIpc) is 2.41. The van der Waals surface area contributed by atoms with Crippen molar-refractivity contribution in [2.45, 2.75) is 13.8 Å². The first-order chi connectivity index (χ1) is 9.95. The van der Waals surface area contributed by atoms with Crippen LogP contribution in [0.15, 0.2) is 36.5 Å². The third kappa shape index (κ3) is 4.03. The molecule has 0 radical (unpaired) electrons. The van der Waals surface area contributed by atoms with Gasteiger partial charge in [-0.3, -0.25) is 14.6 Å². The van der Waals surface area contributed by atoms with E-state index in [9.17, 15) is 9.59 Å². The van der Waals surface area contributed by atoms with Crippen LogP contribution in [0.2, 0.25) is 5.02 Å². The molecule has 108 valence electrons. The minimum Gasteiger partial charge on any atom is -0.326 e. The Bertz CT molecular complexity index is 701. The molecular weight excluding hydrogens is 290 g/mol. The first kappa shape index (κ1) is 15.0. The Kier molecular flexibility index (Phi) is 4.55. The standard InChI is InChI=1S/C15H14ClN3O2/c1-9-7-12(3-4-13(9)18-10(2)20)19-15(21)14-8-11(16)5-6-17-14/h3-8H,1-2H3,(H,18,20)(H,19,21). The second-order valence-electron chi connectivity index (χ2n) is 4.52. The number of aryl methyl sites for hydroxylation is 1. The first-order valence-electron chi connectivity index (χ1n) is 6.27. The van der Waals surface area contributed by atoms with Gasteiger partial charge in [0.05, 0.1) is 0 Å². The number of nitrogens with one attached hydrogen (secondary N) is 2. The minimum atomic E-state index is -0.343. The van der Waals surface area contributed by atoms with Crippen molar-refractivity contribution in [3.63, 3.8) is 0 Å². The smallest absolute Gasteiger partial charge is 0.274 e. The van der Waals surface area contributed by atoms with E-state index in [1.165, 1.54) is 19.2 Å². The zero-order chi connectivity index (χ0) is 15.4. The van der Waals surface area contributed by atoms with Crippen molar-refractivity contribution >= 4 is 34.8 Å². The molecule has 5 nitrogen and oxygen atoms in total. The Balaban J connectivity index is 2.15. The van der Waals surface area contributed by atoms with Gasteiger partial charge in [-0.15, -0.1) is 0 Å². The maximum Gasteiger partial charge on any atom is 0.274 e. The van der Waals surface area contributed by atoms with E-state index in [-0.39, 0.29) is 17.5 Å². The van der Waals surface area contributed by atoms with Crippen LogP contribution in [0.1, 0.15) is 23.0 Å². The van der Waals surface area contributed by atoms with Gasteiger partial charge in [0.25, 0.3) is 5.91 Å². The lowest BCUT2D eigenvalue weighted by Gasteiger charge is -2.10. The molecule has 0 unspecified atom stereocenters. The minimum absolute atomic E-state index is 0.141. The highest BCUT2D eigenvalue weighted by atomic mass is 35.5. The summed E-state index contributed by atoms with van der Waals surface area (Å²) in [6.07, 6.45) is 1.47. The van der Waals surface area contributed by atoms with Crippen molar-refractivity contribution in [3.05, 3.63) is 52.8 Å². The largest absolute Gasteiger partial charge is 0.326 e. The Morgan fingerprint density at radius 3 is 2.52 bits per heavy atom. The molecule has 2 aromatic rings. The van der Waals surface area contributed by atoms with Gasteiger partial charge >= 0.3 is 0 Å². The Labute approximate surface area is 127 Å². The van der Waals surface area contributed by atoms with E-state index in [2.05, 4.69) is 15.6 Å². The molecule has 0 aliphatic heterocycles. The predicted molar refractivity (Wildman–Crippen MR) is 82.7 cm³/mol. The van der Waals surface area contributed by atoms with E-state index in [4.69, 9.17) is 11.6 Å². The zero-order valence-electron chi connectivity index (χ0n) is 11.6. The molecule has 0 atom stereocenters. The number of nitrogens with zero attached hydrogens (tertiary/aromatic N) is 1. The van der Waals surface area contributed by atoms with Crippen LogP contribution >= 0.6 is 11.6 Å². The maximum atomic E-state index is 12.0. The number of carbonyl (C=O) groups excluding carboxylic acids is 2. The summed E-state index contributed by atoms with van der Waals surface area (Å²) in [5.41, 5.74) is 2.42. The van der Waals surface area contributed by atoms with Gasteiger partial charge in [0, 0.05) is 29.5 Å². The molecule has 0 aliphatic rings. The van der Waals surface area contributed by atoms with E-state index >= 15 is 0 Å². The van der Waals surface area contributed by atoms with Gasteiger partial charge in [0.1, 0.15) is 5.69 Å². The number of anilines is 2. The fraction of sp³-hybridized carbons (Fsp3) is 0.133. The summed E-state index contributed by atoms with van der Waals surface area (Å²) in [5, 5.41) is 5.90. The fourth-order valence-corrected chi connectivity index (χ4v) is 1.96. The second-order valence-corrected chi connectivity index (χ2v) is 4.96. The molecular formula is C15H14ClN3O2. The van der Waals surface area contributed by atoms with Gasteiger partial charge in [-0.1, -0.05) is 11.6 Å². The zero-order valence-corrected chi connectivity index (χ0v) is 12.4. The summed E-state index contributed by atoms with van der Waals surface area (Å²) in [7, 11) is 0. The van der Waals surface area contributed by atoms with Crippen LogP contribution in [-0.4, -0.2) is 16.8 Å². The van der Waals surface area contributed by atoms with Gasteiger partial charge in [-0.25, -0.2) is 0 Å². The number of hydrogen-bond acceptors (Lipinski definition) is 3. The topological polar surface area (TPSA) is 71.1 Å². The van der Waals surface area contributed by atoms with Gasteiger partial charge in [0.2, 0.25) is 5.91 Å². The summed E-state index contributed by atoms with van der Waals surface area (Å²) in [5.74, 6) is -0.484. The van der Waals surface area contributed by atoms with Gasteiger partial charge in [0.15, 0.2) is 0 Å². The maximum absolute atomic E-state index is 12.0.